The summed E-state index contributed by atoms with van der Waals surface area (Å²) in [6.45, 7) is 2.38. The molecule has 0 aromatic rings. The third-order valence-electron chi connectivity index (χ3n) is 3.90. The van der Waals surface area contributed by atoms with Gasteiger partial charge in [0.15, 0.2) is 0 Å². The first-order valence-corrected chi connectivity index (χ1v) is 7.27. The number of methoxy groups -OCH3 is 2. The number of ether oxygens (including phenoxy) is 4. The van der Waals surface area contributed by atoms with Crippen LogP contribution < -0.4 is 0 Å². The van der Waals surface area contributed by atoms with Gasteiger partial charge in [0.05, 0.1) is 26.6 Å². The number of carbonyl (C=O) groups is 4. The molecule has 0 aliphatic heterocycles. The molecule has 0 aromatic carbocycles. The highest BCUT2D eigenvalue weighted by atomic mass is 16.7. The largest absolute Gasteiger partial charge is 0.469 e. The summed E-state index contributed by atoms with van der Waals surface area (Å²) in [6, 6.07) is 0. The quantitative estimate of drug-likeness (QED) is 0.403. The fourth-order valence-electron chi connectivity index (χ4n) is 3.02. The van der Waals surface area contributed by atoms with Crippen molar-refractivity contribution < 1.29 is 38.1 Å². The highest BCUT2D eigenvalue weighted by molar-refractivity contribution is 5.73. The lowest BCUT2D eigenvalue weighted by Crippen LogP contribution is -2.45. The van der Waals surface area contributed by atoms with Gasteiger partial charge in [-0.1, -0.05) is 0 Å². The Morgan fingerprint density at radius 1 is 0.913 bits per heavy atom. The molecular weight excluding hydrogens is 308 g/mol. The van der Waals surface area contributed by atoms with E-state index in [1.165, 1.54) is 28.1 Å². The molecule has 0 amide bonds. The number of hydrogen-bond acceptors (Lipinski definition) is 8. The molecule has 1 aliphatic carbocycles. The third kappa shape index (κ3) is 4.94. The number of carbonyl (C=O) groups excluding carboxylic acids is 4. The Balaban J connectivity index is 3.12. The van der Waals surface area contributed by atoms with E-state index in [1.54, 1.807) is 0 Å². The fraction of sp³-hybridized carbons (Fsp3) is 0.733. The van der Waals surface area contributed by atoms with Crippen LogP contribution in [0, 0.1) is 11.8 Å². The maximum Gasteiger partial charge on any atom is 0.306 e. The fourth-order valence-corrected chi connectivity index (χ4v) is 3.02. The second-order valence-corrected chi connectivity index (χ2v) is 5.46. The summed E-state index contributed by atoms with van der Waals surface area (Å²) in [7, 11) is 2.49. The Morgan fingerprint density at radius 2 is 1.39 bits per heavy atom. The lowest BCUT2D eigenvalue weighted by Gasteiger charge is -2.34. The number of hydrogen-bond donors (Lipinski definition) is 0. The van der Waals surface area contributed by atoms with E-state index in [1.807, 2.05) is 0 Å². The van der Waals surface area contributed by atoms with Gasteiger partial charge in [-0.15, -0.1) is 0 Å². The van der Waals surface area contributed by atoms with E-state index in [-0.39, 0.29) is 25.2 Å². The molecule has 0 aromatic heterocycles. The molecule has 0 radical (unpaired) electrons. The van der Waals surface area contributed by atoms with Crippen molar-refractivity contribution in [2.45, 2.75) is 45.3 Å². The highest BCUT2D eigenvalue weighted by Crippen LogP contribution is 2.47. The van der Waals surface area contributed by atoms with Crippen molar-refractivity contribution in [3.8, 4) is 0 Å². The van der Waals surface area contributed by atoms with Crippen molar-refractivity contribution in [2.24, 2.45) is 11.8 Å². The highest BCUT2D eigenvalue weighted by Gasteiger charge is 2.55. The molecule has 1 rings (SSSR count). The molecule has 2 unspecified atom stereocenters. The van der Waals surface area contributed by atoms with E-state index >= 15 is 0 Å². The minimum atomic E-state index is -1.56. The average Bonchev–Trinajstić information content (AvgIpc) is 2.75. The van der Waals surface area contributed by atoms with Crippen LogP contribution in [-0.2, 0) is 38.1 Å². The first-order chi connectivity index (χ1) is 10.7. The molecule has 0 saturated heterocycles. The summed E-state index contributed by atoms with van der Waals surface area (Å²) < 4.78 is 19.9. The molecule has 0 bridgehead atoms. The molecule has 1 fully saturated rings. The smallest absolute Gasteiger partial charge is 0.306 e. The van der Waals surface area contributed by atoms with Crippen LogP contribution in [0.4, 0.5) is 0 Å². The zero-order valence-electron chi connectivity index (χ0n) is 13.7. The molecule has 0 spiro atoms. The Hall–Kier alpha value is -2.12. The van der Waals surface area contributed by atoms with Gasteiger partial charge >= 0.3 is 23.9 Å². The molecule has 8 heteroatoms. The Kier molecular flexibility index (Phi) is 6.53. The van der Waals surface area contributed by atoms with Crippen LogP contribution in [-0.4, -0.2) is 43.9 Å². The average molecular weight is 330 g/mol. The lowest BCUT2D eigenvalue weighted by atomic mass is 9.87. The summed E-state index contributed by atoms with van der Waals surface area (Å²) in [6.07, 6.45) is 0.536. The summed E-state index contributed by atoms with van der Waals surface area (Å²) in [5.74, 6) is -4.85. The lowest BCUT2D eigenvalue weighted by molar-refractivity contribution is -0.242. The Morgan fingerprint density at radius 3 is 1.83 bits per heavy atom. The molecule has 1 aliphatic rings. The van der Waals surface area contributed by atoms with Gasteiger partial charge in [-0.3, -0.25) is 19.2 Å². The second-order valence-electron chi connectivity index (χ2n) is 5.46. The molecule has 0 heterocycles. The van der Waals surface area contributed by atoms with Crippen molar-refractivity contribution in [3.05, 3.63) is 0 Å². The Labute approximate surface area is 134 Å². The van der Waals surface area contributed by atoms with Crippen molar-refractivity contribution in [2.75, 3.05) is 14.2 Å². The van der Waals surface area contributed by atoms with Crippen molar-refractivity contribution in [1.29, 1.82) is 0 Å². The summed E-state index contributed by atoms with van der Waals surface area (Å²) in [5.41, 5.74) is 0. The van der Waals surface area contributed by atoms with E-state index in [9.17, 15) is 19.2 Å². The first kappa shape index (κ1) is 18.9. The normalized spacial score (nSPS) is 22.1. The van der Waals surface area contributed by atoms with Gasteiger partial charge in [0.2, 0.25) is 0 Å². The zero-order valence-corrected chi connectivity index (χ0v) is 13.7. The second kappa shape index (κ2) is 7.94. The molecule has 130 valence electrons. The van der Waals surface area contributed by atoms with Gasteiger partial charge < -0.3 is 18.9 Å². The van der Waals surface area contributed by atoms with E-state index < -0.39 is 35.6 Å². The minimum absolute atomic E-state index is 0.0302. The predicted molar refractivity (Wildman–Crippen MR) is 75.7 cm³/mol. The Bertz CT molecular complexity index is 468. The predicted octanol–water partition coefficient (Wildman–Crippen LogP) is 0.961. The van der Waals surface area contributed by atoms with E-state index in [4.69, 9.17) is 9.47 Å². The minimum Gasteiger partial charge on any atom is -0.469 e. The van der Waals surface area contributed by atoms with E-state index in [0.29, 0.717) is 6.42 Å². The number of rotatable bonds is 6. The van der Waals surface area contributed by atoms with Crippen LogP contribution >= 0.6 is 0 Å². The standard InChI is InChI=1S/C15H22O8/c1-9(16)22-15(23-10(2)17)6-5-11(7-13(18)20-3)12(15)8-14(19)21-4/h11-12H,5-8H2,1-4H3. The van der Waals surface area contributed by atoms with Gasteiger partial charge in [-0.2, -0.15) is 0 Å². The van der Waals surface area contributed by atoms with Crippen LogP contribution in [0.5, 0.6) is 0 Å². The molecule has 23 heavy (non-hydrogen) atoms. The first-order valence-electron chi connectivity index (χ1n) is 7.27. The van der Waals surface area contributed by atoms with Gasteiger partial charge in [-0.25, -0.2) is 0 Å². The van der Waals surface area contributed by atoms with E-state index in [2.05, 4.69) is 9.47 Å². The van der Waals surface area contributed by atoms with Crippen LogP contribution in [0.15, 0.2) is 0 Å². The van der Waals surface area contributed by atoms with E-state index in [0.717, 1.165) is 0 Å². The maximum absolute atomic E-state index is 11.7. The summed E-state index contributed by atoms with van der Waals surface area (Å²) >= 11 is 0. The van der Waals surface area contributed by atoms with Gasteiger partial charge in [-0.05, 0) is 12.3 Å². The van der Waals surface area contributed by atoms with Gasteiger partial charge in [0.1, 0.15) is 0 Å². The number of esters is 4. The molecule has 8 nitrogen and oxygen atoms in total. The van der Waals surface area contributed by atoms with Crippen LogP contribution in [0.3, 0.4) is 0 Å². The van der Waals surface area contributed by atoms with Crippen molar-refractivity contribution in [1.82, 2.24) is 0 Å². The SMILES string of the molecule is COC(=O)CC1CCC(OC(C)=O)(OC(C)=O)C1CC(=O)OC. The van der Waals surface area contributed by atoms with Crippen molar-refractivity contribution >= 4 is 23.9 Å². The zero-order chi connectivity index (χ0) is 17.6. The summed E-state index contributed by atoms with van der Waals surface area (Å²) in [5, 5.41) is 0. The van der Waals surface area contributed by atoms with Gasteiger partial charge in [0.25, 0.3) is 5.79 Å². The van der Waals surface area contributed by atoms with Crippen LogP contribution in [0.1, 0.15) is 39.5 Å². The molecular formula is C15H22O8. The monoisotopic (exact) mass is 330 g/mol. The van der Waals surface area contributed by atoms with Crippen LogP contribution in [0.25, 0.3) is 0 Å². The topological polar surface area (TPSA) is 105 Å². The van der Waals surface area contributed by atoms with Crippen LogP contribution in [0.2, 0.25) is 0 Å². The molecule has 1 saturated carbocycles. The maximum atomic E-state index is 11.7. The van der Waals surface area contributed by atoms with Gasteiger partial charge in [0, 0.05) is 26.7 Å². The third-order valence-corrected chi connectivity index (χ3v) is 3.90. The molecule has 0 N–H and O–H groups in total. The summed E-state index contributed by atoms with van der Waals surface area (Å²) in [4.78, 5) is 46.2. The van der Waals surface area contributed by atoms with Crippen molar-refractivity contribution in [3.63, 3.8) is 0 Å². The molecule has 2 atom stereocenters.